The van der Waals surface area contributed by atoms with Crippen molar-refractivity contribution in [2.45, 2.75) is 19.3 Å². The number of amides is 1. The molecule has 1 atom stereocenters. The van der Waals surface area contributed by atoms with E-state index in [-0.39, 0.29) is 11.8 Å². The molecule has 2 N–H and O–H groups in total. The molecule has 5 heteroatoms. The zero-order valence-electron chi connectivity index (χ0n) is 9.89. The van der Waals surface area contributed by atoms with E-state index in [0.29, 0.717) is 0 Å². The number of imidazole rings is 1. The third-order valence-corrected chi connectivity index (χ3v) is 3.31. The zero-order valence-corrected chi connectivity index (χ0v) is 9.89. The van der Waals surface area contributed by atoms with Gasteiger partial charge in [-0.2, -0.15) is 0 Å². The number of H-pyrrole nitrogens is 1. The van der Waals surface area contributed by atoms with E-state index >= 15 is 0 Å². The summed E-state index contributed by atoms with van der Waals surface area (Å²) in [5, 5.41) is 2.92. The summed E-state index contributed by atoms with van der Waals surface area (Å²) in [7, 11) is 0. The van der Waals surface area contributed by atoms with Crippen molar-refractivity contribution in [1.82, 2.24) is 15.0 Å². The van der Waals surface area contributed by atoms with Crippen LogP contribution in [-0.4, -0.2) is 20.9 Å². The monoisotopic (exact) mass is 242 g/mol. The molecule has 0 bridgehead atoms. The van der Waals surface area contributed by atoms with Crippen LogP contribution in [0.4, 0.5) is 5.69 Å². The molecule has 0 fully saturated rings. The molecule has 0 spiro atoms. The summed E-state index contributed by atoms with van der Waals surface area (Å²) in [6.07, 6.45) is 7.51. The van der Waals surface area contributed by atoms with Crippen LogP contribution in [0.1, 0.15) is 17.8 Å². The van der Waals surface area contributed by atoms with Crippen molar-refractivity contribution in [2.75, 3.05) is 5.32 Å². The van der Waals surface area contributed by atoms with Gasteiger partial charge in [0.25, 0.3) is 0 Å². The summed E-state index contributed by atoms with van der Waals surface area (Å²) in [5.74, 6) is 0.0903. The van der Waals surface area contributed by atoms with E-state index in [9.17, 15) is 4.79 Å². The lowest BCUT2D eigenvalue weighted by atomic mass is 9.89. The molecule has 1 aliphatic rings. The summed E-state index contributed by atoms with van der Waals surface area (Å²) in [4.78, 5) is 23.4. The number of anilines is 1. The molecule has 0 aliphatic heterocycles. The maximum Gasteiger partial charge on any atom is 0.227 e. The van der Waals surface area contributed by atoms with Gasteiger partial charge in [0.15, 0.2) is 0 Å². The van der Waals surface area contributed by atoms with Crippen LogP contribution in [0.2, 0.25) is 0 Å². The third-order valence-electron chi connectivity index (χ3n) is 3.31. The summed E-state index contributed by atoms with van der Waals surface area (Å²) in [5.41, 5.74) is 2.99. The zero-order chi connectivity index (χ0) is 12.4. The standard InChI is InChI=1S/C13H14N4O/c18-13(17-10-3-5-14-6-4-10)9-1-2-11-12(7-9)16-8-15-11/h3-6,8-9H,1-2,7H2,(H,15,16)(H,14,17,18)/t9-/m1/s1. The first kappa shape index (κ1) is 11.0. The number of nitrogens with one attached hydrogen (secondary N) is 2. The number of nitrogens with zero attached hydrogens (tertiary/aromatic N) is 2. The number of aromatic amines is 1. The predicted molar refractivity (Wildman–Crippen MR) is 67.0 cm³/mol. The second-order valence-electron chi connectivity index (χ2n) is 4.49. The highest BCUT2D eigenvalue weighted by Crippen LogP contribution is 2.23. The number of carbonyl (C=O) groups is 1. The van der Waals surface area contributed by atoms with Crippen LogP contribution < -0.4 is 5.32 Å². The quantitative estimate of drug-likeness (QED) is 0.839. The topological polar surface area (TPSA) is 70.7 Å². The number of fused-ring (bicyclic) bond motifs is 1. The van der Waals surface area contributed by atoms with Gasteiger partial charge in [0.1, 0.15) is 0 Å². The third kappa shape index (κ3) is 2.11. The Kier molecular flexibility index (Phi) is 2.80. The van der Waals surface area contributed by atoms with Gasteiger partial charge in [-0.25, -0.2) is 4.98 Å². The highest BCUT2D eigenvalue weighted by Gasteiger charge is 2.26. The number of pyridine rings is 1. The van der Waals surface area contributed by atoms with Crippen molar-refractivity contribution in [3.8, 4) is 0 Å². The Bertz CT molecular complexity index is 549. The molecule has 2 aromatic rings. The Hall–Kier alpha value is -2.17. The van der Waals surface area contributed by atoms with Crippen molar-refractivity contribution in [3.05, 3.63) is 42.2 Å². The van der Waals surface area contributed by atoms with Gasteiger partial charge in [0, 0.05) is 36.1 Å². The molecule has 0 aromatic carbocycles. The van der Waals surface area contributed by atoms with Gasteiger partial charge in [-0.15, -0.1) is 0 Å². The fraction of sp³-hybridized carbons (Fsp3) is 0.308. The van der Waals surface area contributed by atoms with Gasteiger partial charge < -0.3 is 10.3 Å². The molecular formula is C13H14N4O. The average Bonchev–Trinajstić information content (AvgIpc) is 2.87. The molecule has 1 aliphatic carbocycles. The van der Waals surface area contributed by atoms with Crippen LogP contribution in [0.15, 0.2) is 30.9 Å². The highest BCUT2D eigenvalue weighted by atomic mass is 16.1. The Morgan fingerprint density at radius 2 is 2.22 bits per heavy atom. The first-order valence-corrected chi connectivity index (χ1v) is 6.05. The van der Waals surface area contributed by atoms with E-state index < -0.39 is 0 Å². The van der Waals surface area contributed by atoms with Gasteiger partial charge in [-0.1, -0.05) is 0 Å². The van der Waals surface area contributed by atoms with Crippen molar-refractivity contribution in [3.63, 3.8) is 0 Å². The molecule has 5 nitrogen and oxygen atoms in total. The Labute approximate surface area is 105 Å². The molecule has 1 amide bonds. The first-order valence-electron chi connectivity index (χ1n) is 6.05. The largest absolute Gasteiger partial charge is 0.348 e. The van der Waals surface area contributed by atoms with Crippen molar-refractivity contribution < 1.29 is 4.79 Å². The van der Waals surface area contributed by atoms with Crippen LogP contribution in [0.25, 0.3) is 0 Å². The van der Waals surface area contributed by atoms with Crippen molar-refractivity contribution in [1.29, 1.82) is 0 Å². The van der Waals surface area contributed by atoms with E-state index in [1.165, 1.54) is 0 Å². The molecule has 3 rings (SSSR count). The van der Waals surface area contributed by atoms with Crippen LogP contribution in [-0.2, 0) is 17.6 Å². The highest BCUT2D eigenvalue weighted by molar-refractivity contribution is 5.92. The second kappa shape index (κ2) is 4.60. The fourth-order valence-electron chi connectivity index (χ4n) is 2.30. The number of carbonyl (C=O) groups excluding carboxylic acids is 1. The molecule has 2 heterocycles. The molecule has 0 saturated heterocycles. The van der Waals surface area contributed by atoms with Gasteiger partial charge in [-0.3, -0.25) is 9.78 Å². The number of aromatic nitrogens is 3. The van der Waals surface area contributed by atoms with Crippen LogP contribution in [0.5, 0.6) is 0 Å². The summed E-state index contributed by atoms with van der Waals surface area (Å²) in [6, 6.07) is 3.59. The SMILES string of the molecule is O=C(Nc1ccncc1)[C@@H]1CCc2nc[nH]c2C1. The normalized spacial score (nSPS) is 18.1. The minimum absolute atomic E-state index is 0.0196. The maximum absolute atomic E-state index is 12.1. The van der Waals surface area contributed by atoms with Crippen LogP contribution >= 0.6 is 0 Å². The van der Waals surface area contributed by atoms with Gasteiger partial charge in [0.05, 0.1) is 12.0 Å². The lowest BCUT2D eigenvalue weighted by Gasteiger charge is -2.20. The summed E-state index contributed by atoms with van der Waals surface area (Å²) in [6.45, 7) is 0. The van der Waals surface area contributed by atoms with E-state index in [0.717, 1.165) is 36.3 Å². The number of rotatable bonds is 2. The van der Waals surface area contributed by atoms with Crippen molar-refractivity contribution >= 4 is 11.6 Å². The minimum atomic E-state index is 0.0196. The lowest BCUT2D eigenvalue weighted by molar-refractivity contribution is -0.120. The number of aryl methyl sites for hydroxylation is 1. The van der Waals surface area contributed by atoms with E-state index in [1.807, 2.05) is 0 Å². The number of hydrogen-bond acceptors (Lipinski definition) is 3. The molecular weight excluding hydrogens is 228 g/mol. The van der Waals surface area contributed by atoms with Gasteiger partial charge in [0.2, 0.25) is 5.91 Å². The Morgan fingerprint density at radius 1 is 1.39 bits per heavy atom. The summed E-state index contributed by atoms with van der Waals surface area (Å²) < 4.78 is 0. The van der Waals surface area contributed by atoms with Crippen molar-refractivity contribution in [2.24, 2.45) is 5.92 Å². The molecule has 0 saturated carbocycles. The van der Waals surface area contributed by atoms with Gasteiger partial charge >= 0.3 is 0 Å². The second-order valence-corrected chi connectivity index (χ2v) is 4.49. The maximum atomic E-state index is 12.1. The first-order chi connectivity index (χ1) is 8.83. The predicted octanol–water partition coefficient (Wildman–Crippen LogP) is 1.55. The molecule has 18 heavy (non-hydrogen) atoms. The molecule has 0 radical (unpaired) electrons. The van der Waals surface area contributed by atoms with E-state index in [1.54, 1.807) is 30.9 Å². The summed E-state index contributed by atoms with van der Waals surface area (Å²) >= 11 is 0. The van der Waals surface area contributed by atoms with Gasteiger partial charge in [-0.05, 0) is 25.0 Å². The Balaban J connectivity index is 1.68. The van der Waals surface area contributed by atoms with E-state index in [4.69, 9.17) is 0 Å². The van der Waals surface area contributed by atoms with Crippen LogP contribution in [0.3, 0.4) is 0 Å². The molecule has 92 valence electrons. The number of hydrogen-bond donors (Lipinski definition) is 2. The van der Waals surface area contributed by atoms with E-state index in [2.05, 4.69) is 20.3 Å². The van der Waals surface area contributed by atoms with Crippen LogP contribution in [0, 0.1) is 5.92 Å². The minimum Gasteiger partial charge on any atom is -0.348 e. The smallest absolute Gasteiger partial charge is 0.227 e. The molecule has 2 aromatic heterocycles. The molecule has 0 unspecified atom stereocenters. The Morgan fingerprint density at radius 3 is 3.06 bits per heavy atom. The lowest BCUT2D eigenvalue weighted by Crippen LogP contribution is -2.28. The average molecular weight is 242 g/mol. The fourth-order valence-corrected chi connectivity index (χ4v) is 2.30.